The first-order chi connectivity index (χ1) is 8.56. The second kappa shape index (κ2) is 5.49. The lowest BCUT2D eigenvalue weighted by Crippen LogP contribution is -2.23. The number of hydrogen-bond acceptors (Lipinski definition) is 4. The summed E-state index contributed by atoms with van der Waals surface area (Å²) in [6, 6.07) is 5.06. The quantitative estimate of drug-likeness (QED) is 0.939. The van der Waals surface area contributed by atoms with Gasteiger partial charge in [-0.3, -0.25) is 4.79 Å². The van der Waals surface area contributed by atoms with Crippen molar-refractivity contribution < 1.29 is 9.32 Å². The second-order valence-corrected chi connectivity index (χ2v) is 4.87. The van der Waals surface area contributed by atoms with Crippen LogP contribution in [-0.2, 0) is 6.54 Å². The number of benzene rings is 1. The zero-order chi connectivity index (χ0) is 13.1. The van der Waals surface area contributed by atoms with Crippen LogP contribution in [0, 0.1) is 6.92 Å². The van der Waals surface area contributed by atoms with E-state index in [9.17, 15) is 4.79 Å². The molecular formula is C11H9BrClN3O2. The summed E-state index contributed by atoms with van der Waals surface area (Å²) in [5.74, 6) is 0.587. The van der Waals surface area contributed by atoms with Gasteiger partial charge in [0.15, 0.2) is 5.82 Å². The lowest BCUT2D eigenvalue weighted by atomic mass is 10.2. The first kappa shape index (κ1) is 13.0. The molecule has 0 spiro atoms. The number of nitrogens with one attached hydrogen (secondary N) is 1. The topological polar surface area (TPSA) is 68.0 Å². The Morgan fingerprint density at radius 1 is 1.56 bits per heavy atom. The lowest BCUT2D eigenvalue weighted by molar-refractivity contribution is 0.0946. The predicted octanol–water partition coefficient (Wildman–Crippen LogP) is 2.72. The van der Waals surface area contributed by atoms with Crippen LogP contribution in [0.25, 0.3) is 0 Å². The highest BCUT2D eigenvalue weighted by Crippen LogP contribution is 2.20. The SMILES string of the molecule is Cc1noc(CNC(=O)c2cc(Br)ccc2Cl)n1. The van der Waals surface area contributed by atoms with Crippen molar-refractivity contribution >= 4 is 33.4 Å². The van der Waals surface area contributed by atoms with Gasteiger partial charge in [0.1, 0.15) is 0 Å². The smallest absolute Gasteiger partial charge is 0.253 e. The van der Waals surface area contributed by atoms with Gasteiger partial charge in [-0.2, -0.15) is 4.98 Å². The van der Waals surface area contributed by atoms with E-state index in [4.69, 9.17) is 16.1 Å². The van der Waals surface area contributed by atoms with E-state index in [0.717, 1.165) is 4.47 Å². The van der Waals surface area contributed by atoms with E-state index in [1.54, 1.807) is 25.1 Å². The molecule has 2 rings (SSSR count). The minimum absolute atomic E-state index is 0.169. The number of amides is 1. The van der Waals surface area contributed by atoms with Crippen molar-refractivity contribution in [2.45, 2.75) is 13.5 Å². The Balaban J connectivity index is 2.05. The number of halogens is 2. The predicted molar refractivity (Wildman–Crippen MR) is 69.4 cm³/mol. The van der Waals surface area contributed by atoms with Crippen LogP contribution < -0.4 is 5.32 Å². The molecule has 94 valence electrons. The van der Waals surface area contributed by atoms with Gasteiger partial charge in [-0.05, 0) is 25.1 Å². The van der Waals surface area contributed by atoms with Crippen LogP contribution in [0.15, 0.2) is 27.2 Å². The van der Waals surface area contributed by atoms with Crippen LogP contribution in [-0.4, -0.2) is 16.0 Å². The fourth-order valence-electron chi connectivity index (χ4n) is 1.33. The van der Waals surface area contributed by atoms with Gasteiger partial charge in [-0.1, -0.05) is 32.7 Å². The number of carbonyl (C=O) groups excluding carboxylic acids is 1. The molecule has 0 unspecified atom stereocenters. The normalized spacial score (nSPS) is 10.4. The summed E-state index contributed by atoms with van der Waals surface area (Å²) in [4.78, 5) is 15.9. The first-order valence-corrected chi connectivity index (χ1v) is 6.26. The van der Waals surface area contributed by atoms with Gasteiger partial charge >= 0.3 is 0 Å². The molecule has 0 aliphatic heterocycles. The van der Waals surface area contributed by atoms with E-state index in [1.807, 2.05) is 0 Å². The fraction of sp³-hybridized carbons (Fsp3) is 0.182. The number of aryl methyl sites for hydroxylation is 1. The molecule has 0 atom stereocenters. The number of aromatic nitrogens is 2. The molecular weight excluding hydrogens is 321 g/mol. The molecule has 0 aliphatic rings. The van der Waals surface area contributed by atoms with E-state index in [0.29, 0.717) is 22.3 Å². The van der Waals surface area contributed by atoms with Gasteiger partial charge in [0, 0.05) is 4.47 Å². The molecule has 1 amide bonds. The maximum absolute atomic E-state index is 11.9. The van der Waals surface area contributed by atoms with Gasteiger partial charge in [0.25, 0.3) is 5.91 Å². The monoisotopic (exact) mass is 329 g/mol. The maximum Gasteiger partial charge on any atom is 0.253 e. The molecule has 1 aromatic heterocycles. The lowest BCUT2D eigenvalue weighted by Gasteiger charge is -2.05. The highest BCUT2D eigenvalue weighted by Gasteiger charge is 2.12. The number of carbonyl (C=O) groups is 1. The van der Waals surface area contributed by atoms with Crippen molar-refractivity contribution in [3.05, 3.63) is 45.0 Å². The number of hydrogen-bond donors (Lipinski definition) is 1. The summed E-state index contributed by atoms with van der Waals surface area (Å²) in [5, 5.41) is 6.67. The van der Waals surface area contributed by atoms with Crippen LogP contribution in [0.2, 0.25) is 5.02 Å². The molecule has 7 heteroatoms. The van der Waals surface area contributed by atoms with Gasteiger partial charge in [-0.15, -0.1) is 0 Å². The van der Waals surface area contributed by atoms with Gasteiger partial charge in [-0.25, -0.2) is 0 Å². The Hall–Kier alpha value is -1.40. The van der Waals surface area contributed by atoms with Crippen LogP contribution in [0.3, 0.4) is 0 Å². The van der Waals surface area contributed by atoms with E-state index in [-0.39, 0.29) is 12.5 Å². The Morgan fingerprint density at radius 3 is 3.00 bits per heavy atom. The minimum Gasteiger partial charge on any atom is -0.343 e. The van der Waals surface area contributed by atoms with Crippen LogP contribution >= 0.6 is 27.5 Å². The summed E-state index contributed by atoms with van der Waals surface area (Å²) in [6.07, 6.45) is 0. The fourth-order valence-corrected chi connectivity index (χ4v) is 1.90. The van der Waals surface area contributed by atoms with Crippen LogP contribution in [0.5, 0.6) is 0 Å². The van der Waals surface area contributed by atoms with E-state index >= 15 is 0 Å². The Labute approximate surface area is 117 Å². The summed E-state index contributed by atoms with van der Waals surface area (Å²) >= 11 is 9.23. The zero-order valence-corrected chi connectivity index (χ0v) is 11.7. The molecule has 1 aromatic carbocycles. The molecule has 1 N–H and O–H groups in total. The molecule has 18 heavy (non-hydrogen) atoms. The van der Waals surface area contributed by atoms with Crippen molar-refractivity contribution in [3.63, 3.8) is 0 Å². The largest absolute Gasteiger partial charge is 0.343 e. The van der Waals surface area contributed by atoms with E-state index in [1.165, 1.54) is 0 Å². The molecule has 1 heterocycles. The average molecular weight is 331 g/mol. The van der Waals surface area contributed by atoms with E-state index < -0.39 is 0 Å². The third kappa shape index (κ3) is 3.08. The summed E-state index contributed by atoms with van der Waals surface area (Å²) in [7, 11) is 0. The standard InChI is InChI=1S/C11H9BrClN3O2/c1-6-15-10(18-16-6)5-14-11(17)8-4-7(12)2-3-9(8)13/h2-4H,5H2,1H3,(H,14,17). The molecule has 0 fully saturated rings. The molecule has 2 aromatic rings. The van der Waals surface area contributed by atoms with Crippen molar-refractivity contribution in [2.24, 2.45) is 0 Å². The summed E-state index contributed by atoms with van der Waals surface area (Å²) < 4.78 is 5.67. The number of nitrogens with zero attached hydrogens (tertiary/aromatic N) is 2. The first-order valence-electron chi connectivity index (χ1n) is 5.08. The van der Waals surface area contributed by atoms with Gasteiger partial charge in [0.2, 0.25) is 5.89 Å². The average Bonchev–Trinajstić information content (AvgIpc) is 2.75. The summed E-state index contributed by atoms with van der Waals surface area (Å²) in [6.45, 7) is 1.88. The Morgan fingerprint density at radius 2 is 2.33 bits per heavy atom. The van der Waals surface area contributed by atoms with Crippen molar-refractivity contribution in [1.82, 2.24) is 15.5 Å². The molecule has 0 saturated carbocycles. The maximum atomic E-state index is 11.9. The summed E-state index contributed by atoms with van der Waals surface area (Å²) in [5.41, 5.74) is 0.391. The Kier molecular flexibility index (Phi) is 3.98. The van der Waals surface area contributed by atoms with Crippen molar-refractivity contribution in [2.75, 3.05) is 0 Å². The van der Waals surface area contributed by atoms with Crippen LogP contribution in [0.4, 0.5) is 0 Å². The second-order valence-electron chi connectivity index (χ2n) is 3.54. The van der Waals surface area contributed by atoms with Crippen molar-refractivity contribution in [1.29, 1.82) is 0 Å². The van der Waals surface area contributed by atoms with E-state index in [2.05, 4.69) is 31.4 Å². The highest BCUT2D eigenvalue weighted by atomic mass is 79.9. The van der Waals surface area contributed by atoms with Gasteiger partial charge < -0.3 is 9.84 Å². The molecule has 0 saturated heterocycles. The third-order valence-electron chi connectivity index (χ3n) is 2.14. The van der Waals surface area contributed by atoms with Crippen LogP contribution in [0.1, 0.15) is 22.1 Å². The highest BCUT2D eigenvalue weighted by molar-refractivity contribution is 9.10. The third-order valence-corrected chi connectivity index (χ3v) is 2.97. The molecule has 0 aliphatic carbocycles. The molecule has 0 bridgehead atoms. The Bertz CT molecular complexity index is 585. The molecule has 5 nitrogen and oxygen atoms in total. The molecule has 0 radical (unpaired) electrons. The number of rotatable bonds is 3. The van der Waals surface area contributed by atoms with Crippen molar-refractivity contribution in [3.8, 4) is 0 Å². The van der Waals surface area contributed by atoms with Gasteiger partial charge in [0.05, 0.1) is 17.1 Å². The zero-order valence-electron chi connectivity index (χ0n) is 9.41. The minimum atomic E-state index is -0.294.